The molecule has 0 aliphatic carbocycles. The molecular weight excluding hydrogens is 306 g/mol. The summed E-state index contributed by atoms with van der Waals surface area (Å²) >= 11 is 0. The maximum atomic E-state index is 5.79. The van der Waals surface area contributed by atoms with Crippen LogP contribution in [0.5, 0.6) is 0 Å². The zero-order chi connectivity index (χ0) is 16.7. The summed E-state index contributed by atoms with van der Waals surface area (Å²) in [5, 5.41) is 4.22. The van der Waals surface area contributed by atoms with Crippen LogP contribution in [0.2, 0.25) is 0 Å². The quantitative estimate of drug-likeness (QED) is 0.794. The highest BCUT2D eigenvalue weighted by Gasteiger charge is 2.29. The topological polar surface area (TPSA) is 89.7 Å². The molecule has 3 atom stereocenters. The van der Waals surface area contributed by atoms with E-state index in [4.69, 9.17) is 9.26 Å². The summed E-state index contributed by atoms with van der Waals surface area (Å²) in [4.78, 5) is 16.7. The summed E-state index contributed by atoms with van der Waals surface area (Å²) in [6.07, 6.45) is 4.81. The number of hydrogen-bond donors (Lipinski definition) is 1. The number of pyridine rings is 1. The van der Waals surface area contributed by atoms with E-state index >= 15 is 0 Å². The average Bonchev–Trinajstić information content (AvgIpc) is 3.20. The Morgan fingerprint density at radius 2 is 2.00 bits per heavy atom. The number of fused-ring (bicyclic) bond motifs is 1. The first-order valence-electron chi connectivity index (χ1n) is 8.47. The monoisotopic (exact) mass is 327 g/mol. The highest BCUT2D eigenvalue weighted by Crippen LogP contribution is 2.33. The van der Waals surface area contributed by atoms with Gasteiger partial charge in [0, 0.05) is 18.5 Å². The minimum atomic E-state index is 0.216. The van der Waals surface area contributed by atoms with E-state index in [1.54, 1.807) is 6.20 Å². The van der Waals surface area contributed by atoms with Crippen LogP contribution in [0.25, 0.3) is 22.6 Å². The number of aromatic amines is 1. The molecule has 1 saturated heterocycles. The van der Waals surface area contributed by atoms with Gasteiger partial charge in [0.15, 0.2) is 11.5 Å². The third-order valence-electron chi connectivity index (χ3n) is 4.51. The van der Waals surface area contributed by atoms with Crippen molar-refractivity contribution >= 4 is 11.2 Å². The summed E-state index contributed by atoms with van der Waals surface area (Å²) in [5.74, 6) is 2.44. The van der Waals surface area contributed by atoms with Crippen molar-refractivity contribution in [3.63, 3.8) is 0 Å². The van der Waals surface area contributed by atoms with Gasteiger partial charge in [0.25, 0.3) is 5.89 Å². The minimum Gasteiger partial charge on any atom is -0.376 e. The van der Waals surface area contributed by atoms with Crippen molar-refractivity contribution in [1.82, 2.24) is 25.1 Å². The van der Waals surface area contributed by atoms with Crippen LogP contribution in [-0.2, 0) is 11.2 Å². The maximum Gasteiger partial charge on any atom is 0.260 e. The lowest BCUT2D eigenvalue weighted by atomic mass is 9.92. The predicted molar refractivity (Wildman–Crippen MR) is 88.5 cm³/mol. The van der Waals surface area contributed by atoms with Gasteiger partial charge in [0.1, 0.15) is 5.82 Å². The molecule has 1 aliphatic rings. The SMILES string of the molecule is CCc1nc2nccc(-c3nc(C4C[C@@H](C)O[C@@H](C)C4)no3)c2[nH]1. The first kappa shape index (κ1) is 15.3. The van der Waals surface area contributed by atoms with Gasteiger partial charge in [-0.25, -0.2) is 9.97 Å². The molecular formula is C17H21N5O2. The third-order valence-corrected chi connectivity index (χ3v) is 4.51. The molecule has 0 saturated carbocycles. The summed E-state index contributed by atoms with van der Waals surface area (Å²) < 4.78 is 11.3. The molecule has 0 radical (unpaired) electrons. The van der Waals surface area contributed by atoms with Gasteiger partial charge in [-0.1, -0.05) is 12.1 Å². The Morgan fingerprint density at radius 3 is 2.75 bits per heavy atom. The van der Waals surface area contributed by atoms with Crippen molar-refractivity contribution in [2.75, 3.05) is 0 Å². The summed E-state index contributed by atoms with van der Waals surface area (Å²) in [6, 6.07) is 1.88. The number of H-pyrrole nitrogens is 1. The number of aromatic nitrogens is 5. The first-order valence-corrected chi connectivity index (χ1v) is 8.47. The standard InChI is InChI=1S/C17H21N5O2/c1-4-13-19-14-12(5-6-18-16(14)20-13)17-21-15(22-24-17)11-7-9(2)23-10(3)8-11/h5-6,9-11H,4,7-8H2,1-3H3,(H,18,19,20)/t9-,10+,11?. The van der Waals surface area contributed by atoms with Crippen LogP contribution in [0.4, 0.5) is 0 Å². The fraction of sp³-hybridized carbons (Fsp3) is 0.529. The molecule has 0 aromatic carbocycles. The molecule has 3 aromatic rings. The van der Waals surface area contributed by atoms with Crippen molar-refractivity contribution in [2.45, 2.75) is 58.2 Å². The third kappa shape index (κ3) is 2.69. The summed E-state index contributed by atoms with van der Waals surface area (Å²) in [7, 11) is 0. The van der Waals surface area contributed by atoms with E-state index in [1.165, 1.54) is 0 Å². The molecule has 4 heterocycles. The number of nitrogens with one attached hydrogen (secondary N) is 1. The van der Waals surface area contributed by atoms with E-state index in [0.717, 1.165) is 42.0 Å². The van der Waals surface area contributed by atoms with Crippen LogP contribution in [0, 0.1) is 0 Å². The van der Waals surface area contributed by atoms with Crippen LogP contribution in [0.3, 0.4) is 0 Å². The van der Waals surface area contributed by atoms with E-state index in [2.05, 4.69) is 45.9 Å². The second-order valence-electron chi connectivity index (χ2n) is 6.48. The van der Waals surface area contributed by atoms with E-state index in [0.29, 0.717) is 11.5 Å². The van der Waals surface area contributed by atoms with Gasteiger partial charge in [-0.3, -0.25) is 0 Å². The fourth-order valence-corrected chi connectivity index (χ4v) is 3.43. The summed E-state index contributed by atoms with van der Waals surface area (Å²) in [5.41, 5.74) is 2.37. The van der Waals surface area contributed by atoms with E-state index < -0.39 is 0 Å². The second-order valence-corrected chi connectivity index (χ2v) is 6.48. The van der Waals surface area contributed by atoms with E-state index in [9.17, 15) is 0 Å². The van der Waals surface area contributed by atoms with Crippen LogP contribution in [-0.4, -0.2) is 37.3 Å². The normalized spacial score (nSPS) is 24.5. The highest BCUT2D eigenvalue weighted by atomic mass is 16.5. The van der Waals surface area contributed by atoms with E-state index in [-0.39, 0.29) is 18.1 Å². The Balaban J connectivity index is 1.69. The van der Waals surface area contributed by atoms with Gasteiger partial charge in [0.05, 0.1) is 23.3 Å². The average molecular weight is 327 g/mol. The lowest BCUT2D eigenvalue weighted by molar-refractivity contribution is -0.0393. The molecule has 1 aliphatic heterocycles. The Kier molecular flexibility index (Phi) is 3.80. The molecule has 1 fully saturated rings. The fourth-order valence-electron chi connectivity index (χ4n) is 3.43. The highest BCUT2D eigenvalue weighted by molar-refractivity contribution is 5.86. The number of aryl methyl sites for hydroxylation is 1. The Labute approximate surface area is 139 Å². The lowest BCUT2D eigenvalue weighted by Crippen LogP contribution is -2.28. The largest absolute Gasteiger partial charge is 0.376 e. The Morgan fingerprint density at radius 1 is 1.21 bits per heavy atom. The smallest absolute Gasteiger partial charge is 0.260 e. The van der Waals surface area contributed by atoms with E-state index in [1.807, 2.05) is 6.07 Å². The summed E-state index contributed by atoms with van der Waals surface area (Å²) in [6.45, 7) is 6.23. The zero-order valence-corrected chi connectivity index (χ0v) is 14.1. The molecule has 3 aromatic heterocycles. The molecule has 126 valence electrons. The van der Waals surface area contributed by atoms with Crippen molar-refractivity contribution < 1.29 is 9.26 Å². The number of rotatable bonds is 3. The van der Waals surface area contributed by atoms with Crippen LogP contribution >= 0.6 is 0 Å². The minimum absolute atomic E-state index is 0.216. The van der Waals surface area contributed by atoms with Gasteiger partial charge in [0.2, 0.25) is 0 Å². The Hall–Kier alpha value is -2.28. The number of imidazole rings is 1. The van der Waals surface area contributed by atoms with Gasteiger partial charge < -0.3 is 14.2 Å². The molecule has 1 N–H and O–H groups in total. The zero-order valence-electron chi connectivity index (χ0n) is 14.1. The second kappa shape index (κ2) is 5.98. The molecule has 1 unspecified atom stereocenters. The molecule has 0 spiro atoms. The van der Waals surface area contributed by atoms with Crippen molar-refractivity contribution in [3.8, 4) is 11.5 Å². The van der Waals surface area contributed by atoms with Gasteiger partial charge in [-0.05, 0) is 32.8 Å². The van der Waals surface area contributed by atoms with Crippen LogP contribution in [0.1, 0.15) is 51.2 Å². The Bertz CT molecular complexity index is 846. The van der Waals surface area contributed by atoms with Gasteiger partial charge in [-0.2, -0.15) is 4.98 Å². The lowest BCUT2D eigenvalue weighted by Gasteiger charge is -2.30. The number of hydrogen-bond acceptors (Lipinski definition) is 6. The molecule has 7 nitrogen and oxygen atoms in total. The van der Waals surface area contributed by atoms with Crippen LogP contribution < -0.4 is 0 Å². The van der Waals surface area contributed by atoms with Crippen molar-refractivity contribution in [2.24, 2.45) is 0 Å². The predicted octanol–water partition coefficient (Wildman–Crippen LogP) is 3.24. The van der Waals surface area contributed by atoms with Crippen LogP contribution in [0.15, 0.2) is 16.8 Å². The molecule has 0 amide bonds. The molecule has 7 heteroatoms. The first-order chi connectivity index (χ1) is 11.6. The van der Waals surface area contributed by atoms with Gasteiger partial charge >= 0.3 is 0 Å². The van der Waals surface area contributed by atoms with Crippen molar-refractivity contribution in [3.05, 3.63) is 23.9 Å². The number of ether oxygens (including phenoxy) is 1. The molecule has 24 heavy (non-hydrogen) atoms. The molecule has 0 bridgehead atoms. The van der Waals surface area contributed by atoms with Gasteiger partial charge in [-0.15, -0.1) is 0 Å². The number of nitrogens with zero attached hydrogens (tertiary/aromatic N) is 4. The maximum absolute atomic E-state index is 5.79. The molecule has 4 rings (SSSR count). The van der Waals surface area contributed by atoms with Crippen molar-refractivity contribution in [1.29, 1.82) is 0 Å².